The van der Waals surface area contributed by atoms with Crippen LogP contribution in [0.5, 0.6) is 0 Å². The summed E-state index contributed by atoms with van der Waals surface area (Å²) in [5, 5.41) is 11.9. The predicted molar refractivity (Wildman–Crippen MR) is 103 cm³/mol. The van der Waals surface area contributed by atoms with Gasteiger partial charge >= 0.3 is 0 Å². The summed E-state index contributed by atoms with van der Waals surface area (Å²) in [7, 11) is -1.75. The Labute approximate surface area is 171 Å². The monoisotopic (exact) mass is 447 g/mol. The molecular weight excluding hydrogens is 431 g/mol. The van der Waals surface area contributed by atoms with Crippen LogP contribution < -0.4 is 4.90 Å². The summed E-state index contributed by atoms with van der Waals surface area (Å²) < 4.78 is 52.5. The Balaban J connectivity index is 1.72. The van der Waals surface area contributed by atoms with Crippen molar-refractivity contribution in [3.8, 4) is 5.69 Å². The average molecular weight is 448 g/mol. The van der Waals surface area contributed by atoms with Crippen molar-refractivity contribution in [2.75, 3.05) is 23.0 Å². The van der Waals surface area contributed by atoms with Gasteiger partial charge in [-0.2, -0.15) is 5.10 Å². The van der Waals surface area contributed by atoms with Crippen molar-refractivity contribution in [3.63, 3.8) is 0 Å². The number of hydrogen-bond acceptors (Lipinski definition) is 5. The number of nitrogens with one attached hydrogen (secondary N) is 1. The first-order valence-corrected chi connectivity index (χ1v) is 10.5. The Morgan fingerprint density at radius 2 is 2.17 bits per heavy atom. The SMILES string of the molecule is CCN(C(=O)C(=N)CS(=O)CC1CC1(F)F)c1cn(-c2cncc(F)c2)nc1Cl. The number of alkyl halides is 2. The van der Waals surface area contributed by atoms with Gasteiger partial charge in [-0.1, -0.05) is 11.6 Å². The fourth-order valence-electron chi connectivity index (χ4n) is 2.73. The number of aromatic nitrogens is 3. The fraction of sp³-hybridized carbons (Fsp3) is 0.412. The molecule has 3 rings (SSSR count). The summed E-state index contributed by atoms with van der Waals surface area (Å²) in [6.45, 7) is 1.77. The van der Waals surface area contributed by atoms with Crippen molar-refractivity contribution in [2.45, 2.75) is 19.3 Å². The molecule has 1 N–H and O–H groups in total. The van der Waals surface area contributed by atoms with Gasteiger partial charge in [0, 0.05) is 41.5 Å². The molecule has 1 amide bonds. The third-order valence-electron chi connectivity index (χ3n) is 4.36. The highest BCUT2D eigenvalue weighted by molar-refractivity contribution is 7.85. The molecule has 0 saturated heterocycles. The molecule has 2 unspecified atom stereocenters. The van der Waals surface area contributed by atoms with Crippen molar-refractivity contribution in [1.82, 2.24) is 14.8 Å². The number of rotatable bonds is 8. The second-order valence-electron chi connectivity index (χ2n) is 6.55. The lowest BCUT2D eigenvalue weighted by Crippen LogP contribution is -2.38. The largest absolute Gasteiger partial charge is 0.303 e. The van der Waals surface area contributed by atoms with E-state index in [1.807, 2.05) is 0 Å². The van der Waals surface area contributed by atoms with Crippen LogP contribution in [0.2, 0.25) is 5.15 Å². The van der Waals surface area contributed by atoms with E-state index in [-0.39, 0.29) is 35.2 Å². The maximum Gasteiger partial charge on any atom is 0.273 e. The number of pyridine rings is 1. The summed E-state index contributed by atoms with van der Waals surface area (Å²) in [4.78, 5) is 17.5. The van der Waals surface area contributed by atoms with E-state index in [1.165, 1.54) is 23.1 Å². The zero-order valence-electron chi connectivity index (χ0n) is 15.2. The summed E-state index contributed by atoms with van der Waals surface area (Å²) in [6, 6.07) is 1.18. The molecule has 1 fully saturated rings. The van der Waals surface area contributed by atoms with E-state index in [0.717, 1.165) is 11.1 Å². The van der Waals surface area contributed by atoms with Crippen LogP contribution in [0.4, 0.5) is 18.9 Å². The molecule has 7 nitrogen and oxygen atoms in total. The smallest absolute Gasteiger partial charge is 0.273 e. The Morgan fingerprint density at radius 3 is 2.76 bits per heavy atom. The highest BCUT2D eigenvalue weighted by Gasteiger charge is 2.57. The average Bonchev–Trinajstić information content (AvgIpc) is 3.06. The van der Waals surface area contributed by atoms with Crippen molar-refractivity contribution < 1.29 is 22.2 Å². The van der Waals surface area contributed by atoms with Gasteiger partial charge in [0.25, 0.3) is 11.8 Å². The van der Waals surface area contributed by atoms with Gasteiger partial charge in [-0.05, 0) is 6.92 Å². The standard InChI is InChI=1S/C17H17ClF3N5O2S/c1-2-25(16(27)13(22)9-29(28)8-10-4-17(10,20)21)14-7-26(24-15(14)18)12-3-11(19)5-23-6-12/h3,5-7,10,22H,2,4,8-9H2,1H3. The second-order valence-corrected chi connectivity index (χ2v) is 8.41. The number of hydrogen-bond donors (Lipinski definition) is 1. The lowest BCUT2D eigenvalue weighted by atomic mass is 10.3. The summed E-state index contributed by atoms with van der Waals surface area (Å²) in [5.41, 5.74) is -0.0266. The number of carbonyl (C=O) groups is 1. The maximum absolute atomic E-state index is 13.4. The van der Waals surface area contributed by atoms with E-state index in [2.05, 4.69) is 10.1 Å². The Morgan fingerprint density at radius 1 is 1.48 bits per heavy atom. The van der Waals surface area contributed by atoms with Crippen LogP contribution >= 0.6 is 11.6 Å². The van der Waals surface area contributed by atoms with Crippen LogP contribution in [0.1, 0.15) is 13.3 Å². The van der Waals surface area contributed by atoms with Crippen molar-refractivity contribution in [2.24, 2.45) is 5.92 Å². The van der Waals surface area contributed by atoms with Crippen molar-refractivity contribution in [1.29, 1.82) is 5.41 Å². The van der Waals surface area contributed by atoms with Crippen LogP contribution in [0.15, 0.2) is 24.7 Å². The van der Waals surface area contributed by atoms with Crippen LogP contribution in [0, 0.1) is 17.1 Å². The fourth-order valence-corrected chi connectivity index (χ4v) is 4.33. The molecule has 0 bridgehead atoms. The molecule has 1 saturated carbocycles. The third-order valence-corrected chi connectivity index (χ3v) is 6.02. The number of halogens is 4. The number of nitrogens with zero attached hydrogens (tertiary/aromatic N) is 4. The Kier molecular flexibility index (Phi) is 6.08. The Bertz CT molecular complexity index is 984. The molecule has 1 aliphatic carbocycles. The molecular formula is C17H17ClF3N5O2S. The van der Waals surface area contributed by atoms with Gasteiger partial charge in [0.1, 0.15) is 17.2 Å². The quantitative estimate of drug-likeness (QED) is 0.630. The van der Waals surface area contributed by atoms with Gasteiger partial charge < -0.3 is 4.90 Å². The summed E-state index contributed by atoms with van der Waals surface area (Å²) >= 11 is 6.12. The van der Waals surface area contributed by atoms with Gasteiger partial charge in [-0.3, -0.25) is 19.4 Å². The van der Waals surface area contributed by atoms with E-state index in [0.29, 0.717) is 0 Å². The second kappa shape index (κ2) is 8.23. The molecule has 156 valence electrons. The molecule has 0 radical (unpaired) electrons. The molecule has 1 aliphatic rings. The van der Waals surface area contributed by atoms with Gasteiger partial charge in [0.15, 0.2) is 5.15 Å². The molecule has 2 heterocycles. The summed E-state index contributed by atoms with van der Waals surface area (Å²) in [5.74, 6) is -5.78. The first-order valence-electron chi connectivity index (χ1n) is 8.60. The third kappa shape index (κ3) is 4.84. The highest BCUT2D eigenvalue weighted by atomic mass is 35.5. The van der Waals surface area contributed by atoms with Gasteiger partial charge in [0.2, 0.25) is 0 Å². The minimum absolute atomic E-state index is 0.0593. The lowest BCUT2D eigenvalue weighted by molar-refractivity contribution is -0.112. The Hall–Kier alpha value is -2.27. The van der Waals surface area contributed by atoms with Crippen LogP contribution in [-0.4, -0.2) is 54.6 Å². The molecule has 29 heavy (non-hydrogen) atoms. The molecule has 2 atom stereocenters. The van der Waals surface area contributed by atoms with Gasteiger partial charge in [-0.15, -0.1) is 0 Å². The minimum Gasteiger partial charge on any atom is -0.303 e. The molecule has 0 aliphatic heterocycles. The van der Waals surface area contributed by atoms with E-state index >= 15 is 0 Å². The van der Waals surface area contributed by atoms with E-state index < -0.39 is 45.8 Å². The predicted octanol–water partition coefficient (Wildman–Crippen LogP) is 2.84. The van der Waals surface area contributed by atoms with Crippen LogP contribution in [-0.2, 0) is 15.6 Å². The normalized spacial score (nSPS) is 18.3. The van der Waals surface area contributed by atoms with Gasteiger partial charge in [0.05, 0.1) is 30.0 Å². The van der Waals surface area contributed by atoms with Crippen LogP contribution in [0.3, 0.4) is 0 Å². The number of amides is 1. The lowest BCUT2D eigenvalue weighted by Gasteiger charge is -2.19. The molecule has 2 aromatic rings. The van der Waals surface area contributed by atoms with E-state index in [4.69, 9.17) is 17.0 Å². The van der Waals surface area contributed by atoms with E-state index in [9.17, 15) is 22.2 Å². The topological polar surface area (TPSA) is 91.9 Å². The van der Waals surface area contributed by atoms with E-state index in [1.54, 1.807) is 6.92 Å². The van der Waals surface area contributed by atoms with Crippen molar-refractivity contribution in [3.05, 3.63) is 35.6 Å². The highest BCUT2D eigenvalue weighted by Crippen LogP contribution is 2.48. The molecule has 0 aromatic carbocycles. The van der Waals surface area contributed by atoms with Crippen molar-refractivity contribution >= 4 is 39.7 Å². The number of anilines is 1. The number of carbonyl (C=O) groups excluding carboxylic acids is 1. The minimum atomic E-state index is -2.80. The zero-order chi connectivity index (χ0) is 21.3. The zero-order valence-corrected chi connectivity index (χ0v) is 16.8. The summed E-state index contributed by atoms with van der Waals surface area (Å²) in [6.07, 6.45) is 3.45. The van der Waals surface area contributed by atoms with Gasteiger partial charge in [-0.25, -0.2) is 17.9 Å². The first-order chi connectivity index (χ1) is 13.6. The maximum atomic E-state index is 13.4. The molecule has 12 heteroatoms. The van der Waals surface area contributed by atoms with Crippen LogP contribution in [0.25, 0.3) is 5.69 Å². The molecule has 0 spiro atoms. The first kappa shape index (κ1) is 21.4. The molecule has 2 aromatic heterocycles.